The van der Waals surface area contributed by atoms with Gasteiger partial charge in [-0.3, -0.25) is 14.4 Å². The van der Waals surface area contributed by atoms with Crippen molar-refractivity contribution in [2.45, 2.75) is 50.8 Å². The Hall–Kier alpha value is -3.33. The zero-order valence-electron chi connectivity index (χ0n) is 19.8. The molecule has 3 atom stereocenters. The van der Waals surface area contributed by atoms with Crippen molar-refractivity contribution in [2.75, 3.05) is 13.2 Å². The summed E-state index contributed by atoms with van der Waals surface area (Å²) in [5.74, 6) is -1.97. The van der Waals surface area contributed by atoms with Gasteiger partial charge >= 0.3 is 11.9 Å². The van der Waals surface area contributed by atoms with Crippen LogP contribution in [0.15, 0.2) is 72.8 Å². The zero-order chi connectivity index (χ0) is 25.3. The largest absolute Gasteiger partial charge is 0.458 e. The second kappa shape index (κ2) is 11.9. The smallest absolute Gasteiger partial charge is 0.303 e. The molecule has 0 saturated heterocycles. The molecule has 0 spiro atoms. The molecule has 0 fully saturated rings. The van der Waals surface area contributed by atoms with Gasteiger partial charge in [-0.2, -0.15) is 0 Å². The van der Waals surface area contributed by atoms with Gasteiger partial charge in [-0.25, -0.2) is 0 Å². The average molecular weight is 483 g/mol. The van der Waals surface area contributed by atoms with E-state index in [9.17, 15) is 19.5 Å². The lowest BCUT2D eigenvalue weighted by atomic mass is 9.70. The molecule has 8 nitrogen and oxygen atoms in total. The molecule has 0 aliphatic heterocycles. The maximum Gasteiger partial charge on any atom is 0.303 e. The van der Waals surface area contributed by atoms with E-state index < -0.39 is 41.6 Å². The van der Waals surface area contributed by atoms with Crippen molar-refractivity contribution in [1.82, 2.24) is 0 Å². The molecule has 2 aromatic carbocycles. The highest BCUT2D eigenvalue weighted by molar-refractivity contribution is 5.92. The summed E-state index contributed by atoms with van der Waals surface area (Å²) < 4.78 is 22.4. The summed E-state index contributed by atoms with van der Waals surface area (Å²) in [4.78, 5) is 36.8. The summed E-state index contributed by atoms with van der Waals surface area (Å²) in [6.07, 6.45) is 1.84. The molecule has 0 bridgehead atoms. The van der Waals surface area contributed by atoms with Crippen LogP contribution in [0.3, 0.4) is 0 Å². The number of rotatable bonds is 11. The predicted molar refractivity (Wildman–Crippen MR) is 126 cm³/mol. The number of ether oxygens (including phenoxy) is 4. The molecule has 1 aliphatic rings. The Labute approximate surface area is 204 Å². The van der Waals surface area contributed by atoms with Gasteiger partial charge in [0.2, 0.25) is 5.78 Å². The second-order valence-corrected chi connectivity index (χ2v) is 8.37. The van der Waals surface area contributed by atoms with Gasteiger partial charge in [-0.15, -0.1) is 0 Å². The van der Waals surface area contributed by atoms with Crippen LogP contribution in [0.4, 0.5) is 0 Å². The van der Waals surface area contributed by atoms with E-state index >= 15 is 0 Å². The van der Waals surface area contributed by atoms with Gasteiger partial charge in [-0.1, -0.05) is 66.7 Å². The Morgan fingerprint density at radius 1 is 0.914 bits per heavy atom. The van der Waals surface area contributed by atoms with Crippen LogP contribution in [-0.2, 0) is 46.5 Å². The van der Waals surface area contributed by atoms with Crippen molar-refractivity contribution in [3.05, 3.63) is 83.9 Å². The zero-order valence-corrected chi connectivity index (χ0v) is 19.8. The lowest BCUT2D eigenvalue weighted by Crippen LogP contribution is -2.70. The van der Waals surface area contributed by atoms with Gasteiger partial charge in [0.15, 0.2) is 23.9 Å². The highest BCUT2D eigenvalue weighted by Gasteiger charge is 2.62. The molecule has 8 heteroatoms. The monoisotopic (exact) mass is 482 g/mol. The quantitative estimate of drug-likeness (QED) is 0.385. The number of hydrogen-bond acceptors (Lipinski definition) is 8. The van der Waals surface area contributed by atoms with E-state index in [1.807, 2.05) is 60.7 Å². The van der Waals surface area contributed by atoms with Crippen LogP contribution in [0.25, 0.3) is 0 Å². The summed E-state index contributed by atoms with van der Waals surface area (Å²) in [6.45, 7) is 1.51. The van der Waals surface area contributed by atoms with E-state index in [1.165, 1.54) is 19.9 Å². The maximum atomic E-state index is 13.5. The lowest BCUT2D eigenvalue weighted by Gasteiger charge is -2.49. The van der Waals surface area contributed by atoms with Gasteiger partial charge in [-0.05, 0) is 17.2 Å². The van der Waals surface area contributed by atoms with E-state index in [2.05, 4.69) is 0 Å². The number of carbonyl (C=O) groups is 3. The lowest BCUT2D eigenvalue weighted by molar-refractivity contribution is -0.244. The Morgan fingerprint density at radius 2 is 1.51 bits per heavy atom. The Morgan fingerprint density at radius 3 is 2.09 bits per heavy atom. The molecular weight excluding hydrogens is 452 g/mol. The molecule has 2 aromatic rings. The summed E-state index contributed by atoms with van der Waals surface area (Å²) in [5.41, 5.74) is -2.40. The maximum absolute atomic E-state index is 13.5. The molecule has 0 heterocycles. The third-order valence-electron chi connectivity index (χ3n) is 5.80. The fourth-order valence-electron chi connectivity index (χ4n) is 4.02. The molecular formula is C27H30O8. The van der Waals surface area contributed by atoms with Gasteiger partial charge in [0.05, 0.1) is 19.8 Å². The van der Waals surface area contributed by atoms with Crippen LogP contribution in [0.1, 0.15) is 31.4 Å². The van der Waals surface area contributed by atoms with Crippen molar-refractivity contribution in [2.24, 2.45) is 0 Å². The first-order chi connectivity index (χ1) is 16.8. The minimum absolute atomic E-state index is 0.0196. The molecule has 0 amide bonds. The average Bonchev–Trinajstić information content (AvgIpc) is 2.84. The van der Waals surface area contributed by atoms with E-state index in [0.717, 1.165) is 11.1 Å². The molecule has 0 saturated carbocycles. The van der Waals surface area contributed by atoms with E-state index in [4.69, 9.17) is 18.9 Å². The number of carbonyl (C=O) groups excluding carboxylic acids is 3. The number of Topliss-reactive ketones (excluding diaryl/α,β-unsaturated/α-hetero) is 1. The predicted octanol–water partition coefficient (Wildman–Crippen LogP) is 2.91. The normalized spacial score (nSPS) is 23.5. The van der Waals surface area contributed by atoms with Crippen LogP contribution in [0.2, 0.25) is 0 Å². The Bertz CT molecular complexity index is 1040. The minimum Gasteiger partial charge on any atom is -0.458 e. The first kappa shape index (κ1) is 26.3. The van der Waals surface area contributed by atoms with E-state index in [1.54, 1.807) is 6.08 Å². The first-order valence-electron chi connectivity index (χ1n) is 11.3. The third kappa shape index (κ3) is 6.42. The summed E-state index contributed by atoms with van der Waals surface area (Å²) in [6, 6.07) is 18.4. The number of ketones is 1. The fourth-order valence-corrected chi connectivity index (χ4v) is 4.02. The Kier molecular flexibility index (Phi) is 8.92. The van der Waals surface area contributed by atoms with Crippen molar-refractivity contribution in [1.29, 1.82) is 0 Å². The standard InChI is InChI=1S/C27H30O8/c1-20(28)33-18-24(30)27(34-17-23-12-7-4-8-13-23)15-9-14-25(35-21(2)29)26(27,31)19-32-16-22-10-5-3-6-11-22/h3-14,25,31H,15-19H2,1-2H3/t25-,26-,27-/m0/s1. The van der Waals surface area contributed by atoms with Gasteiger partial charge in [0, 0.05) is 20.3 Å². The van der Waals surface area contributed by atoms with Gasteiger partial charge in [0.25, 0.3) is 0 Å². The highest BCUT2D eigenvalue weighted by atomic mass is 16.6. The van der Waals surface area contributed by atoms with Crippen LogP contribution in [0.5, 0.6) is 0 Å². The van der Waals surface area contributed by atoms with E-state index in [0.29, 0.717) is 0 Å². The Balaban J connectivity index is 1.96. The van der Waals surface area contributed by atoms with Crippen LogP contribution in [0, 0.1) is 0 Å². The topological polar surface area (TPSA) is 108 Å². The van der Waals surface area contributed by atoms with E-state index in [-0.39, 0.29) is 26.2 Å². The third-order valence-corrected chi connectivity index (χ3v) is 5.80. The van der Waals surface area contributed by atoms with Crippen LogP contribution in [-0.4, -0.2) is 53.3 Å². The molecule has 3 rings (SSSR count). The second-order valence-electron chi connectivity index (χ2n) is 8.37. The van der Waals surface area contributed by atoms with Crippen molar-refractivity contribution < 1.29 is 38.4 Å². The van der Waals surface area contributed by atoms with Crippen molar-refractivity contribution >= 4 is 17.7 Å². The minimum atomic E-state index is -2.10. The SMILES string of the molecule is CC(=O)OCC(=O)[C@@]1(OCc2ccccc2)CC=C[C@H](OC(C)=O)[C@@]1(O)COCc1ccccc1. The van der Waals surface area contributed by atoms with Gasteiger partial charge < -0.3 is 24.1 Å². The number of hydrogen-bond donors (Lipinski definition) is 1. The van der Waals surface area contributed by atoms with Crippen LogP contribution >= 0.6 is 0 Å². The number of benzene rings is 2. The fraction of sp³-hybridized carbons (Fsp3) is 0.370. The van der Waals surface area contributed by atoms with Crippen molar-refractivity contribution in [3.63, 3.8) is 0 Å². The summed E-state index contributed by atoms with van der Waals surface area (Å²) >= 11 is 0. The molecule has 35 heavy (non-hydrogen) atoms. The summed E-state index contributed by atoms with van der Waals surface area (Å²) in [5, 5.41) is 12.0. The van der Waals surface area contributed by atoms with Gasteiger partial charge in [0.1, 0.15) is 0 Å². The molecule has 0 radical (unpaired) electrons. The first-order valence-corrected chi connectivity index (χ1v) is 11.3. The highest BCUT2D eigenvalue weighted by Crippen LogP contribution is 2.41. The molecule has 1 aliphatic carbocycles. The molecule has 0 aromatic heterocycles. The molecule has 0 unspecified atom stereocenters. The molecule has 1 N–H and O–H groups in total. The van der Waals surface area contributed by atoms with Crippen LogP contribution < -0.4 is 0 Å². The summed E-state index contributed by atoms with van der Waals surface area (Å²) in [7, 11) is 0. The number of aliphatic hydroxyl groups is 1. The number of esters is 2. The van der Waals surface area contributed by atoms with Crippen molar-refractivity contribution in [3.8, 4) is 0 Å². The molecule has 186 valence electrons.